The highest BCUT2D eigenvalue weighted by Crippen LogP contribution is 2.21. The van der Waals surface area contributed by atoms with Crippen LogP contribution in [-0.2, 0) is 4.79 Å². The van der Waals surface area contributed by atoms with Gasteiger partial charge in [0.05, 0.1) is 0 Å². The topological polar surface area (TPSA) is 57.5 Å². The molecular weight excluding hydrogens is 180 g/mol. The Bertz CT molecular complexity index is 302. The van der Waals surface area contributed by atoms with Gasteiger partial charge in [-0.2, -0.15) is 0 Å². The van der Waals surface area contributed by atoms with Gasteiger partial charge >= 0.3 is 0 Å². The van der Waals surface area contributed by atoms with Crippen molar-refractivity contribution in [2.45, 2.75) is 27.7 Å². The van der Waals surface area contributed by atoms with Crippen molar-refractivity contribution in [1.82, 2.24) is 0 Å². The summed E-state index contributed by atoms with van der Waals surface area (Å²) in [5, 5.41) is 16.7. The van der Waals surface area contributed by atoms with Gasteiger partial charge in [0.1, 0.15) is 5.75 Å². The van der Waals surface area contributed by atoms with Crippen molar-refractivity contribution < 1.29 is 15.0 Å². The van der Waals surface area contributed by atoms with E-state index in [1.54, 1.807) is 0 Å². The van der Waals surface area contributed by atoms with Crippen molar-refractivity contribution in [2.24, 2.45) is 0 Å². The predicted octanol–water partition coefficient (Wildman–Crippen LogP) is 2.41. The van der Waals surface area contributed by atoms with E-state index >= 15 is 0 Å². The first-order valence-electron chi connectivity index (χ1n) is 4.31. The Morgan fingerprint density at radius 2 is 1.43 bits per heavy atom. The average molecular weight is 196 g/mol. The third kappa shape index (κ3) is 4.50. The molecule has 0 radical (unpaired) electrons. The number of carboxylic acids is 1. The summed E-state index contributed by atoms with van der Waals surface area (Å²) in [6, 6.07) is 3.95. The zero-order valence-electron chi connectivity index (χ0n) is 8.96. The summed E-state index contributed by atoms with van der Waals surface area (Å²) < 4.78 is 0. The number of aryl methyl sites for hydroxylation is 3. The van der Waals surface area contributed by atoms with Gasteiger partial charge < -0.3 is 10.2 Å². The molecule has 14 heavy (non-hydrogen) atoms. The summed E-state index contributed by atoms with van der Waals surface area (Å²) in [7, 11) is 0. The minimum absolute atomic E-state index is 0.422. The Kier molecular flexibility index (Phi) is 4.70. The molecule has 3 heteroatoms. The van der Waals surface area contributed by atoms with Crippen LogP contribution in [0.3, 0.4) is 0 Å². The van der Waals surface area contributed by atoms with Gasteiger partial charge in [0.2, 0.25) is 0 Å². The van der Waals surface area contributed by atoms with Crippen molar-refractivity contribution in [3.8, 4) is 5.75 Å². The largest absolute Gasteiger partial charge is 0.507 e. The molecule has 0 amide bonds. The SMILES string of the molecule is CC(=O)O.Cc1cc(C)c(O)c(C)c1. The minimum atomic E-state index is -0.833. The highest BCUT2D eigenvalue weighted by molar-refractivity contribution is 5.62. The lowest BCUT2D eigenvalue weighted by Gasteiger charge is -2.03. The second-order valence-electron chi connectivity index (χ2n) is 3.27. The van der Waals surface area contributed by atoms with E-state index in [2.05, 4.69) is 0 Å². The van der Waals surface area contributed by atoms with E-state index in [4.69, 9.17) is 9.90 Å². The standard InChI is InChI=1S/C9H12O.C2H4O2/c1-6-4-7(2)9(10)8(3)5-6;1-2(3)4/h4-5,10H,1-3H3;1H3,(H,3,4). The van der Waals surface area contributed by atoms with Gasteiger partial charge in [-0.3, -0.25) is 4.79 Å². The molecule has 0 aliphatic carbocycles. The summed E-state index contributed by atoms with van der Waals surface area (Å²) >= 11 is 0. The first-order chi connectivity index (χ1) is 6.34. The molecule has 2 N–H and O–H groups in total. The van der Waals surface area contributed by atoms with Gasteiger partial charge in [0.15, 0.2) is 0 Å². The van der Waals surface area contributed by atoms with Crippen molar-refractivity contribution in [2.75, 3.05) is 0 Å². The molecular formula is C11H16O3. The van der Waals surface area contributed by atoms with Crippen LogP contribution >= 0.6 is 0 Å². The number of phenols is 1. The lowest BCUT2D eigenvalue weighted by Crippen LogP contribution is -1.81. The second-order valence-corrected chi connectivity index (χ2v) is 3.27. The predicted molar refractivity (Wildman–Crippen MR) is 55.6 cm³/mol. The summed E-state index contributed by atoms with van der Waals surface area (Å²) in [6.07, 6.45) is 0. The van der Waals surface area contributed by atoms with Crippen LogP contribution in [0, 0.1) is 20.8 Å². The number of hydrogen-bond donors (Lipinski definition) is 2. The van der Waals surface area contributed by atoms with Crippen molar-refractivity contribution >= 4 is 5.97 Å². The van der Waals surface area contributed by atoms with E-state index in [0.29, 0.717) is 5.75 Å². The molecule has 0 bridgehead atoms. The number of carboxylic acid groups (broad SMARTS) is 1. The van der Waals surface area contributed by atoms with Crippen LogP contribution in [0.25, 0.3) is 0 Å². The molecule has 0 heterocycles. The van der Waals surface area contributed by atoms with Gasteiger partial charge in [0, 0.05) is 6.92 Å². The Balaban J connectivity index is 0.000000364. The Morgan fingerprint density at radius 1 is 1.14 bits per heavy atom. The van der Waals surface area contributed by atoms with Crippen LogP contribution in [0.15, 0.2) is 12.1 Å². The van der Waals surface area contributed by atoms with Crippen molar-refractivity contribution in [3.05, 3.63) is 28.8 Å². The van der Waals surface area contributed by atoms with E-state index in [1.165, 1.54) is 5.56 Å². The summed E-state index contributed by atoms with van der Waals surface area (Å²) in [4.78, 5) is 9.00. The third-order valence-electron chi connectivity index (χ3n) is 1.64. The Hall–Kier alpha value is -1.51. The fourth-order valence-corrected chi connectivity index (χ4v) is 1.17. The fraction of sp³-hybridized carbons (Fsp3) is 0.364. The molecule has 0 saturated carbocycles. The van der Waals surface area contributed by atoms with Gasteiger partial charge in [-0.15, -0.1) is 0 Å². The van der Waals surface area contributed by atoms with Gasteiger partial charge in [-0.25, -0.2) is 0 Å². The van der Waals surface area contributed by atoms with Crippen LogP contribution < -0.4 is 0 Å². The molecule has 78 valence electrons. The molecule has 0 aromatic heterocycles. The number of rotatable bonds is 0. The van der Waals surface area contributed by atoms with E-state index in [9.17, 15) is 5.11 Å². The van der Waals surface area contributed by atoms with Gasteiger partial charge in [0.25, 0.3) is 5.97 Å². The van der Waals surface area contributed by atoms with Crippen LogP contribution in [0.4, 0.5) is 0 Å². The number of phenolic OH excluding ortho intramolecular Hbond substituents is 1. The maximum absolute atomic E-state index is 9.33. The molecule has 0 saturated heterocycles. The van der Waals surface area contributed by atoms with Crippen LogP contribution in [0.2, 0.25) is 0 Å². The number of carbonyl (C=O) groups is 1. The Morgan fingerprint density at radius 3 is 1.71 bits per heavy atom. The summed E-state index contributed by atoms with van der Waals surface area (Å²) in [5.74, 6) is -0.411. The molecule has 1 aromatic rings. The fourth-order valence-electron chi connectivity index (χ4n) is 1.17. The molecule has 0 atom stereocenters. The maximum Gasteiger partial charge on any atom is 0.300 e. The molecule has 0 aliphatic heterocycles. The molecule has 1 aromatic carbocycles. The average Bonchev–Trinajstić information content (AvgIpc) is 1.98. The van der Waals surface area contributed by atoms with E-state index in [0.717, 1.165) is 18.1 Å². The molecule has 0 fully saturated rings. The molecule has 0 spiro atoms. The van der Waals surface area contributed by atoms with E-state index in [-0.39, 0.29) is 0 Å². The van der Waals surface area contributed by atoms with Crippen LogP contribution in [0.5, 0.6) is 5.75 Å². The zero-order chi connectivity index (χ0) is 11.3. The molecule has 0 unspecified atom stereocenters. The highest BCUT2D eigenvalue weighted by Gasteiger charge is 1.98. The summed E-state index contributed by atoms with van der Waals surface area (Å²) in [6.45, 7) is 6.93. The van der Waals surface area contributed by atoms with Crippen LogP contribution in [-0.4, -0.2) is 16.2 Å². The minimum Gasteiger partial charge on any atom is -0.507 e. The quantitative estimate of drug-likeness (QED) is 0.670. The number of aliphatic carboxylic acids is 1. The lowest BCUT2D eigenvalue weighted by atomic mass is 10.1. The normalized spacial score (nSPS) is 8.86. The lowest BCUT2D eigenvalue weighted by molar-refractivity contribution is -0.134. The van der Waals surface area contributed by atoms with E-state index in [1.807, 2.05) is 32.9 Å². The van der Waals surface area contributed by atoms with Crippen molar-refractivity contribution in [3.63, 3.8) is 0 Å². The Labute approximate surface area is 84.0 Å². The molecule has 3 nitrogen and oxygen atoms in total. The molecule has 0 aliphatic rings. The maximum atomic E-state index is 9.33. The number of hydrogen-bond acceptors (Lipinski definition) is 2. The first-order valence-corrected chi connectivity index (χ1v) is 4.31. The monoisotopic (exact) mass is 196 g/mol. The summed E-state index contributed by atoms with van der Waals surface area (Å²) in [5.41, 5.74) is 3.11. The zero-order valence-corrected chi connectivity index (χ0v) is 8.96. The van der Waals surface area contributed by atoms with Gasteiger partial charge in [-0.05, 0) is 31.9 Å². The smallest absolute Gasteiger partial charge is 0.300 e. The van der Waals surface area contributed by atoms with Crippen molar-refractivity contribution in [1.29, 1.82) is 0 Å². The first kappa shape index (κ1) is 12.5. The number of aromatic hydroxyl groups is 1. The molecule has 1 rings (SSSR count). The van der Waals surface area contributed by atoms with Crippen LogP contribution in [0.1, 0.15) is 23.6 Å². The number of benzene rings is 1. The van der Waals surface area contributed by atoms with E-state index < -0.39 is 5.97 Å². The van der Waals surface area contributed by atoms with Gasteiger partial charge in [-0.1, -0.05) is 17.7 Å². The highest BCUT2D eigenvalue weighted by atomic mass is 16.4. The third-order valence-corrected chi connectivity index (χ3v) is 1.64. The second kappa shape index (κ2) is 5.27.